The summed E-state index contributed by atoms with van der Waals surface area (Å²) < 4.78 is 6.77. The number of hydrogen-bond donors (Lipinski definition) is 2. The molecule has 0 radical (unpaired) electrons. The van der Waals surface area contributed by atoms with Crippen LogP contribution in [0.2, 0.25) is 0 Å². The number of Topliss-reactive ketones (excluding diaryl/α,β-unsaturated/α-hetero) is 1. The summed E-state index contributed by atoms with van der Waals surface area (Å²) in [7, 11) is 1.79. The number of phenolic OH excluding ortho intramolecular Hbond substituents is 2. The lowest BCUT2D eigenvalue weighted by atomic mass is 9.99. The number of phenols is 2. The third kappa shape index (κ3) is 3.40. The monoisotopic (exact) mass is 332 g/mol. The van der Waals surface area contributed by atoms with E-state index in [0.29, 0.717) is 0 Å². The van der Waals surface area contributed by atoms with Gasteiger partial charge in [0.15, 0.2) is 6.61 Å². The zero-order valence-electron chi connectivity index (χ0n) is 14.0. The summed E-state index contributed by atoms with van der Waals surface area (Å²) in [5, 5.41) is 23.1. The van der Waals surface area contributed by atoms with Crippen LogP contribution in [0.4, 0.5) is 0 Å². The number of rotatable bonds is 5. The van der Waals surface area contributed by atoms with Gasteiger partial charge in [0, 0.05) is 24.4 Å². The highest BCUT2D eigenvalue weighted by Crippen LogP contribution is 2.25. The molecule has 128 valence electrons. The van der Waals surface area contributed by atoms with Crippen molar-refractivity contribution in [2.24, 2.45) is 7.05 Å². The second kappa shape index (κ2) is 6.74. The fourth-order valence-corrected chi connectivity index (χ4v) is 2.63. The molecule has 1 aromatic heterocycles. The van der Waals surface area contributed by atoms with Crippen molar-refractivity contribution >= 4 is 11.8 Å². The van der Waals surface area contributed by atoms with Crippen LogP contribution in [0.25, 0.3) is 0 Å². The lowest BCUT2D eigenvalue weighted by Crippen LogP contribution is -2.19. The lowest BCUT2D eigenvalue weighted by Gasteiger charge is -2.12. The second-order valence-electron chi connectivity index (χ2n) is 5.66. The van der Waals surface area contributed by atoms with Gasteiger partial charge in [-0.3, -0.25) is 14.3 Å². The second-order valence-corrected chi connectivity index (χ2v) is 5.66. The number of aryl methyl sites for hydroxylation is 2. The molecule has 1 atom stereocenters. The van der Waals surface area contributed by atoms with Gasteiger partial charge in [0.1, 0.15) is 11.5 Å². The van der Waals surface area contributed by atoms with Crippen molar-refractivity contribution in [3.8, 4) is 11.5 Å². The van der Waals surface area contributed by atoms with Crippen LogP contribution in [0, 0.1) is 13.8 Å². The molecule has 0 spiro atoms. The van der Waals surface area contributed by atoms with Gasteiger partial charge in [-0.2, -0.15) is 5.10 Å². The Bertz CT molecular complexity index is 795. The zero-order chi connectivity index (χ0) is 18.0. The van der Waals surface area contributed by atoms with Crippen LogP contribution in [0.5, 0.6) is 11.5 Å². The molecule has 0 saturated heterocycles. The van der Waals surface area contributed by atoms with Crippen LogP contribution in [-0.2, 0) is 16.6 Å². The van der Waals surface area contributed by atoms with Gasteiger partial charge in [-0.15, -0.1) is 0 Å². The average Bonchev–Trinajstić information content (AvgIpc) is 2.76. The number of esters is 1. The van der Waals surface area contributed by atoms with Crippen molar-refractivity contribution in [2.45, 2.75) is 26.7 Å². The molecule has 2 N–H and O–H groups in total. The minimum absolute atomic E-state index is 0.0120. The molecule has 7 heteroatoms. The van der Waals surface area contributed by atoms with E-state index in [-0.39, 0.29) is 17.1 Å². The predicted octanol–water partition coefficient (Wildman–Crippen LogP) is 1.98. The first-order valence-corrected chi connectivity index (χ1v) is 7.44. The van der Waals surface area contributed by atoms with Gasteiger partial charge in [-0.05, 0) is 32.9 Å². The fourth-order valence-electron chi connectivity index (χ4n) is 2.63. The van der Waals surface area contributed by atoms with E-state index in [9.17, 15) is 19.8 Å². The Balaban J connectivity index is 2.06. The maximum absolute atomic E-state index is 12.2. The number of ether oxygens (including phenoxy) is 1. The molecule has 2 rings (SSSR count). The van der Waals surface area contributed by atoms with Crippen molar-refractivity contribution in [2.75, 3.05) is 6.61 Å². The summed E-state index contributed by atoms with van der Waals surface area (Å²) in [4.78, 5) is 24.3. The summed E-state index contributed by atoms with van der Waals surface area (Å²) in [6.07, 6.45) is 0. The fraction of sp³-hybridized carbons (Fsp3) is 0.353. The summed E-state index contributed by atoms with van der Waals surface area (Å²) in [6.45, 7) is 4.88. The highest BCUT2D eigenvalue weighted by molar-refractivity contribution is 6.00. The Morgan fingerprint density at radius 1 is 1.29 bits per heavy atom. The molecule has 0 bridgehead atoms. The number of carbonyl (C=O) groups excluding carboxylic acids is 2. The summed E-state index contributed by atoms with van der Waals surface area (Å²) >= 11 is 0. The van der Waals surface area contributed by atoms with Gasteiger partial charge in [0.25, 0.3) is 0 Å². The van der Waals surface area contributed by atoms with Gasteiger partial charge in [-0.25, -0.2) is 0 Å². The number of hydrogen-bond acceptors (Lipinski definition) is 6. The molecule has 1 aromatic carbocycles. The number of benzene rings is 1. The molecule has 7 nitrogen and oxygen atoms in total. The van der Waals surface area contributed by atoms with Crippen LogP contribution in [0.1, 0.15) is 40.2 Å². The molecular weight excluding hydrogens is 312 g/mol. The summed E-state index contributed by atoms with van der Waals surface area (Å²) in [6, 6.07) is 3.61. The standard InChI is InChI=1S/C17H20N2O5/c1-9(16-10(2)18-19(4)11(16)3)17(23)24-8-15(22)13-6-5-12(20)7-14(13)21/h5-7,9,20-21H,8H2,1-4H3. The molecule has 0 saturated carbocycles. The summed E-state index contributed by atoms with van der Waals surface area (Å²) in [5.41, 5.74) is 2.37. The first-order chi connectivity index (χ1) is 11.2. The van der Waals surface area contributed by atoms with E-state index in [1.165, 1.54) is 12.1 Å². The van der Waals surface area contributed by atoms with Crippen LogP contribution in [0.3, 0.4) is 0 Å². The third-order valence-electron chi connectivity index (χ3n) is 3.98. The lowest BCUT2D eigenvalue weighted by molar-refractivity contribution is -0.143. The van der Waals surface area contributed by atoms with Crippen molar-refractivity contribution in [3.63, 3.8) is 0 Å². The largest absolute Gasteiger partial charge is 0.508 e. The highest BCUT2D eigenvalue weighted by Gasteiger charge is 2.25. The van der Waals surface area contributed by atoms with Crippen molar-refractivity contribution in [1.29, 1.82) is 0 Å². The highest BCUT2D eigenvalue weighted by atomic mass is 16.5. The minimum Gasteiger partial charge on any atom is -0.508 e. The third-order valence-corrected chi connectivity index (χ3v) is 3.98. The Morgan fingerprint density at radius 2 is 1.96 bits per heavy atom. The summed E-state index contributed by atoms with van der Waals surface area (Å²) in [5.74, 6) is -2.16. The number of aromatic nitrogens is 2. The number of ketones is 1. The zero-order valence-corrected chi connectivity index (χ0v) is 14.0. The maximum atomic E-state index is 12.2. The van der Waals surface area contributed by atoms with E-state index in [2.05, 4.69) is 5.10 Å². The SMILES string of the molecule is Cc1nn(C)c(C)c1C(C)C(=O)OCC(=O)c1ccc(O)cc1O. The number of nitrogens with zero attached hydrogens (tertiary/aromatic N) is 2. The predicted molar refractivity (Wildman–Crippen MR) is 86.2 cm³/mol. The van der Waals surface area contributed by atoms with E-state index < -0.39 is 24.3 Å². The normalized spacial score (nSPS) is 12.0. The van der Waals surface area contributed by atoms with Gasteiger partial charge in [0.05, 0.1) is 17.2 Å². The molecule has 0 amide bonds. The van der Waals surface area contributed by atoms with Crippen molar-refractivity contribution < 1.29 is 24.5 Å². The molecule has 1 unspecified atom stereocenters. The van der Waals surface area contributed by atoms with Gasteiger partial charge in [0.2, 0.25) is 5.78 Å². The Hall–Kier alpha value is -2.83. The molecule has 24 heavy (non-hydrogen) atoms. The Labute approximate surface area is 139 Å². The molecule has 0 aliphatic rings. The van der Waals surface area contributed by atoms with Crippen LogP contribution >= 0.6 is 0 Å². The molecule has 1 heterocycles. The number of aromatic hydroxyl groups is 2. The molecular formula is C17H20N2O5. The van der Waals surface area contributed by atoms with Crippen molar-refractivity contribution in [1.82, 2.24) is 9.78 Å². The molecule has 0 aliphatic carbocycles. The molecule has 0 fully saturated rings. The molecule has 0 aliphatic heterocycles. The van der Waals surface area contributed by atoms with E-state index in [4.69, 9.17) is 4.74 Å². The van der Waals surface area contributed by atoms with E-state index in [1.807, 2.05) is 13.8 Å². The first kappa shape index (κ1) is 17.5. The topological polar surface area (TPSA) is 102 Å². The van der Waals surface area contributed by atoms with E-state index in [0.717, 1.165) is 23.0 Å². The van der Waals surface area contributed by atoms with Crippen LogP contribution in [-0.4, -0.2) is 38.4 Å². The molecule has 2 aromatic rings. The first-order valence-electron chi connectivity index (χ1n) is 7.44. The number of carbonyl (C=O) groups is 2. The smallest absolute Gasteiger partial charge is 0.313 e. The van der Waals surface area contributed by atoms with E-state index >= 15 is 0 Å². The van der Waals surface area contributed by atoms with Crippen LogP contribution in [0.15, 0.2) is 18.2 Å². The maximum Gasteiger partial charge on any atom is 0.313 e. The van der Waals surface area contributed by atoms with Gasteiger partial charge in [-0.1, -0.05) is 0 Å². The van der Waals surface area contributed by atoms with Gasteiger partial charge >= 0.3 is 5.97 Å². The Morgan fingerprint density at radius 3 is 2.50 bits per heavy atom. The minimum atomic E-state index is -0.556. The van der Waals surface area contributed by atoms with Crippen molar-refractivity contribution in [3.05, 3.63) is 40.7 Å². The van der Waals surface area contributed by atoms with Crippen LogP contribution < -0.4 is 0 Å². The van der Waals surface area contributed by atoms with E-state index in [1.54, 1.807) is 18.7 Å². The van der Waals surface area contributed by atoms with Gasteiger partial charge < -0.3 is 14.9 Å². The average molecular weight is 332 g/mol. The quantitative estimate of drug-likeness (QED) is 0.641. The Kier molecular flexibility index (Phi) is 4.92.